The fourth-order valence-corrected chi connectivity index (χ4v) is 2.05. The van der Waals surface area contributed by atoms with Crippen LogP contribution in [0, 0.1) is 5.92 Å². The van der Waals surface area contributed by atoms with Gasteiger partial charge in [0.25, 0.3) is 0 Å². The summed E-state index contributed by atoms with van der Waals surface area (Å²) < 4.78 is 4.99. The zero-order valence-corrected chi connectivity index (χ0v) is 10.8. The Morgan fingerprint density at radius 1 is 1.56 bits per heavy atom. The van der Waals surface area contributed by atoms with Gasteiger partial charge in [0.1, 0.15) is 5.82 Å². The van der Waals surface area contributed by atoms with E-state index in [2.05, 4.69) is 16.8 Å². The van der Waals surface area contributed by atoms with Gasteiger partial charge in [-0.1, -0.05) is 6.92 Å². The summed E-state index contributed by atoms with van der Waals surface area (Å²) in [6, 6.07) is 2.00. The summed E-state index contributed by atoms with van der Waals surface area (Å²) in [6.07, 6.45) is 2.57. The highest BCUT2D eigenvalue weighted by Gasteiger charge is 2.34. The molecule has 5 heteroatoms. The van der Waals surface area contributed by atoms with Crippen molar-refractivity contribution < 1.29 is 9.53 Å². The lowest BCUT2D eigenvalue weighted by Crippen LogP contribution is -2.51. The third kappa shape index (κ3) is 2.39. The van der Waals surface area contributed by atoms with Crippen LogP contribution in [0.5, 0.6) is 0 Å². The van der Waals surface area contributed by atoms with Crippen LogP contribution < -0.4 is 10.6 Å². The normalized spacial score (nSPS) is 15.3. The van der Waals surface area contributed by atoms with Crippen molar-refractivity contribution in [2.24, 2.45) is 5.92 Å². The SMILES string of the molecule is CCOC(=O)C1CN(c2cc(CC)c(N)cn2)C1. The number of pyridine rings is 1. The van der Waals surface area contributed by atoms with Gasteiger partial charge in [0.05, 0.1) is 24.4 Å². The number of hydrogen-bond acceptors (Lipinski definition) is 5. The number of hydrogen-bond donors (Lipinski definition) is 1. The molecule has 0 saturated carbocycles. The van der Waals surface area contributed by atoms with E-state index in [0.29, 0.717) is 19.7 Å². The van der Waals surface area contributed by atoms with Crippen LogP contribution in [0.4, 0.5) is 11.5 Å². The summed E-state index contributed by atoms with van der Waals surface area (Å²) in [7, 11) is 0. The highest BCUT2D eigenvalue weighted by molar-refractivity contribution is 5.76. The van der Waals surface area contributed by atoms with Gasteiger partial charge >= 0.3 is 5.97 Å². The van der Waals surface area contributed by atoms with Gasteiger partial charge < -0.3 is 15.4 Å². The Morgan fingerprint density at radius 2 is 2.28 bits per heavy atom. The molecule has 18 heavy (non-hydrogen) atoms. The van der Waals surface area contributed by atoms with E-state index in [0.717, 1.165) is 23.5 Å². The molecule has 2 N–H and O–H groups in total. The number of carbonyl (C=O) groups is 1. The molecule has 0 bridgehead atoms. The van der Waals surface area contributed by atoms with Crippen molar-refractivity contribution in [3.63, 3.8) is 0 Å². The van der Waals surface area contributed by atoms with Gasteiger partial charge in [-0.15, -0.1) is 0 Å². The third-order valence-corrected chi connectivity index (χ3v) is 3.22. The van der Waals surface area contributed by atoms with E-state index >= 15 is 0 Å². The Kier molecular flexibility index (Phi) is 3.69. The van der Waals surface area contributed by atoms with Gasteiger partial charge in [-0.25, -0.2) is 4.98 Å². The number of rotatable bonds is 4. The molecule has 1 aliphatic heterocycles. The summed E-state index contributed by atoms with van der Waals surface area (Å²) in [6.45, 7) is 5.68. The van der Waals surface area contributed by atoms with E-state index in [1.807, 2.05) is 13.0 Å². The number of esters is 1. The fraction of sp³-hybridized carbons (Fsp3) is 0.538. The van der Waals surface area contributed by atoms with Crippen molar-refractivity contribution in [1.29, 1.82) is 0 Å². The Labute approximate surface area is 107 Å². The quantitative estimate of drug-likeness (QED) is 0.813. The molecule has 0 aromatic carbocycles. The van der Waals surface area contributed by atoms with Gasteiger partial charge in [-0.3, -0.25) is 4.79 Å². The van der Waals surface area contributed by atoms with Gasteiger partial charge in [0.15, 0.2) is 0 Å². The number of ether oxygens (including phenoxy) is 1. The Balaban J connectivity index is 1.98. The highest BCUT2D eigenvalue weighted by Crippen LogP contribution is 2.26. The summed E-state index contributed by atoms with van der Waals surface area (Å²) in [5.74, 6) is 0.760. The van der Waals surface area contributed by atoms with E-state index in [4.69, 9.17) is 10.5 Å². The Bertz CT molecular complexity index is 442. The van der Waals surface area contributed by atoms with Crippen LogP contribution in [0.15, 0.2) is 12.3 Å². The molecule has 0 aliphatic carbocycles. The molecular formula is C13H19N3O2. The van der Waals surface area contributed by atoms with Gasteiger partial charge in [-0.2, -0.15) is 0 Å². The molecule has 2 rings (SSSR count). The van der Waals surface area contributed by atoms with Gasteiger partial charge in [0.2, 0.25) is 0 Å². The second-order valence-electron chi connectivity index (χ2n) is 4.45. The molecule has 2 heterocycles. The summed E-state index contributed by atoms with van der Waals surface area (Å²) >= 11 is 0. The first-order valence-electron chi connectivity index (χ1n) is 6.31. The molecule has 98 valence electrons. The maximum Gasteiger partial charge on any atom is 0.312 e. The molecule has 1 aromatic rings. The van der Waals surface area contributed by atoms with Crippen LogP contribution in [0.3, 0.4) is 0 Å². The number of nitrogen functional groups attached to an aromatic ring is 1. The molecule has 0 amide bonds. The van der Waals surface area contributed by atoms with E-state index in [9.17, 15) is 4.79 Å². The smallest absolute Gasteiger partial charge is 0.312 e. The van der Waals surface area contributed by atoms with E-state index in [1.54, 1.807) is 6.20 Å². The average Bonchev–Trinajstić information content (AvgIpc) is 2.29. The molecule has 1 fully saturated rings. The molecule has 0 unspecified atom stereocenters. The molecule has 1 aliphatic rings. The van der Waals surface area contributed by atoms with Crippen LogP contribution in [0.25, 0.3) is 0 Å². The third-order valence-electron chi connectivity index (χ3n) is 3.22. The molecule has 5 nitrogen and oxygen atoms in total. The Morgan fingerprint density at radius 3 is 2.89 bits per heavy atom. The standard InChI is InChI=1S/C13H19N3O2/c1-3-9-5-12(15-6-11(9)14)16-7-10(8-16)13(17)18-4-2/h5-6,10H,3-4,7-8,14H2,1-2H3. The van der Waals surface area contributed by atoms with Crippen LogP contribution >= 0.6 is 0 Å². The lowest BCUT2D eigenvalue weighted by atomic mass is 10.00. The van der Waals surface area contributed by atoms with Crippen molar-refractivity contribution >= 4 is 17.5 Å². The highest BCUT2D eigenvalue weighted by atomic mass is 16.5. The number of nitrogens with two attached hydrogens (primary N) is 1. The lowest BCUT2D eigenvalue weighted by Gasteiger charge is -2.38. The number of aryl methyl sites for hydroxylation is 1. The number of nitrogens with zero attached hydrogens (tertiary/aromatic N) is 2. The second-order valence-corrected chi connectivity index (χ2v) is 4.45. The predicted octanol–water partition coefficient (Wildman–Crippen LogP) is 1.23. The van der Waals surface area contributed by atoms with Crippen LogP contribution in [0.2, 0.25) is 0 Å². The van der Waals surface area contributed by atoms with Crippen molar-refractivity contribution in [1.82, 2.24) is 4.98 Å². The number of anilines is 2. The van der Waals surface area contributed by atoms with Crippen LogP contribution in [-0.2, 0) is 16.0 Å². The van der Waals surface area contributed by atoms with Crippen LogP contribution in [-0.4, -0.2) is 30.6 Å². The first kappa shape index (κ1) is 12.7. The first-order chi connectivity index (χ1) is 8.65. The largest absolute Gasteiger partial charge is 0.466 e. The maximum absolute atomic E-state index is 11.5. The molecule has 0 atom stereocenters. The second kappa shape index (κ2) is 5.25. The maximum atomic E-state index is 11.5. The minimum atomic E-state index is -0.111. The number of aromatic nitrogens is 1. The van der Waals surface area contributed by atoms with Crippen molar-refractivity contribution in [2.45, 2.75) is 20.3 Å². The summed E-state index contributed by atoms with van der Waals surface area (Å²) in [4.78, 5) is 17.9. The minimum absolute atomic E-state index is 0.0191. The molecular weight excluding hydrogens is 230 g/mol. The van der Waals surface area contributed by atoms with E-state index < -0.39 is 0 Å². The van der Waals surface area contributed by atoms with Gasteiger partial charge in [-0.05, 0) is 25.0 Å². The summed E-state index contributed by atoms with van der Waals surface area (Å²) in [5, 5.41) is 0. The van der Waals surface area contributed by atoms with E-state index in [-0.39, 0.29) is 11.9 Å². The molecule has 0 spiro atoms. The van der Waals surface area contributed by atoms with Crippen LogP contribution in [0.1, 0.15) is 19.4 Å². The van der Waals surface area contributed by atoms with Crippen molar-refractivity contribution in [3.8, 4) is 0 Å². The molecule has 1 aromatic heterocycles. The fourth-order valence-electron chi connectivity index (χ4n) is 2.05. The number of carbonyl (C=O) groups excluding carboxylic acids is 1. The Hall–Kier alpha value is -1.78. The van der Waals surface area contributed by atoms with Crippen molar-refractivity contribution in [3.05, 3.63) is 17.8 Å². The molecule has 0 radical (unpaired) electrons. The average molecular weight is 249 g/mol. The lowest BCUT2D eigenvalue weighted by molar-refractivity contribution is -0.148. The van der Waals surface area contributed by atoms with Gasteiger partial charge in [0, 0.05) is 13.1 Å². The monoisotopic (exact) mass is 249 g/mol. The van der Waals surface area contributed by atoms with Crippen molar-refractivity contribution in [2.75, 3.05) is 30.3 Å². The molecule has 1 saturated heterocycles. The van der Waals surface area contributed by atoms with E-state index in [1.165, 1.54) is 0 Å². The minimum Gasteiger partial charge on any atom is -0.466 e. The predicted molar refractivity (Wildman–Crippen MR) is 70.4 cm³/mol. The zero-order valence-electron chi connectivity index (χ0n) is 10.8. The summed E-state index contributed by atoms with van der Waals surface area (Å²) in [5.41, 5.74) is 7.64. The zero-order chi connectivity index (χ0) is 13.1. The first-order valence-corrected chi connectivity index (χ1v) is 6.31. The topological polar surface area (TPSA) is 68.5 Å².